The van der Waals surface area contributed by atoms with Gasteiger partial charge in [0.25, 0.3) is 5.91 Å². The van der Waals surface area contributed by atoms with Crippen molar-refractivity contribution in [3.63, 3.8) is 0 Å². The molecule has 0 saturated carbocycles. The van der Waals surface area contributed by atoms with Crippen LogP contribution in [0.5, 0.6) is 5.75 Å². The molecule has 7 heteroatoms. The van der Waals surface area contributed by atoms with E-state index in [1.165, 1.54) is 7.11 Å². The molecule has 30 heavy (non-hydrogen) atoms. The number of carbonyl (C=O) groups excluding carboxylic acids is 3. The van der Waals surface area contributed by atoms with E-state index >= 15 is 0 Å². The van der Waals surface area contributed by atoms with Gasteiger partial charge in [-0.1, -0.05) is 39.0 Å². The zero-order valence-corrected chi connectivity index (χ0v) is 17.9. The minimum Gasteiger partial charge on any atom is -0.496 e. The number of amides is 2. The molecule has 160 valence electrons. The first-order chi connectivity index (χ1) is 14.2. The normalized spacial score (nSPS) is 11.9. The molecular weight excluding hydrogens is 384 g/mol. The van der Waals surface area contributed by atoms with Crippen LogP contribution in [0.4, 0.5) is 5.69 Å². The number of benzene rings is 2. The molecule has 0 bridgehead atoms. The van der Waals surface area contributed by atoms with Crippen LogP contribution in [0.15, 0.2) is 48.5 Å². The third kappa shape index (κ3) is 5.83. The first-order valence-electron chi connectivity index (χ1n) is 9.69. The lowest BCUT2D eigenvalue weighted by Crippen LogP contribution is -2.35. The van der Waals surface area contributed by atoms with Crippen molar-refractivity contribution in [2.45, 2.75) is 33.7 Å². The molecular formula is C23H28N2O5. The van der Waals surface area contributed by atoms with Crippen molar-refractivity contribution < 1.29 is 23.9 Å². The minimum absolute atomic E-state index is 0.152. The molecule has 1 atom stereocenters. The average Bonchev–Trinajstić information content (AvgIpc) is 2.71. The van der Waals surface area contributed by atoms with Crippen LogP contribution in [-0.4, -0.2) is 31.5 Å². The molecule has 0 fully saturated rings. The highest BCUT2D eigenvalue weighted by atomic mass is 16.5. The second-order valence-corrected chi connectivity index (χ2v) is 7.69. The van der Waals surface area contributed by atoms with E-state index in [4.69, 9.17) is 9.47 Å². The minimum atomic E-state index is -1.11. The summed E-state index contributed by atoms with van der Waals surface area (Å²) in [6.45, 7) is 7.24. The largest absolute Gasteiger partial charge is 0.496 e. The second kappa shape index (κ2) is 9.91. The summed E-state index contributed by atoms with van der Waals surface area (Å²) in [5.41, 5.74) is 0.672. The predicted molar refractivity (Wildman–Crippen MR) is 114 cm³/mol. The highest BCUT2D eigenvalue weighted by molar-refractivity contribution is 5.98. The standard InChI is InChI=1S/C23H28N2O5/c1-6-30-21(27)19(25-20(26)15-10-8-7-9-11-15)17-14-16(12-13-18(17)29-5)24-22(28)23(2,3)4/h7-14,19H,6H2,1-5H3,(H,24,28)(H,25,26). The molecule has 2 amide bonds. The molecule has 0 aliphatic carbocycles. The van der Waals surface area contributed by atoms with E-state index in [0.717, 1.165) is 0 Å². The van der Waals surface area contributed by atoms with Crippen molar-refractivity contribution in [2.75, 3.05) is 19.0 Å². The molecule has 2 aromatic carbocycles. The number of anilines is 1. The van der Waals surface area contributed by atoms with Crippen molar-refractivity contribution in [3.05, 3.63) is 59.7 Å². The summed E-state index contributed by atoms with van der Waals surface area (Å²) >= 11 is 0. The number of hydrogen-bond acceptors (Lipinski definition) is 5. The fraction of sp³-hybridized carbons (Fsp3) is 0.348. The number of hydrogen-bond donors (Lipinski definition) is 2. The van der Waals surface area contributed by atoms with Crippen LogP contribution in [0.3, 0.4) is 0 Å². The van der Waals surface area contributed by atoms with Crippen LogP contribution in [0.1, 0.15) is 49.7 Å². The average molecular weight is 412 g/mol. The molecule has 0 radical (unpaired) electrons. The maximum atomic E-state index is 12.7. The molecule has 2 N–H and O–H groups in total. The second-order valence-electron chi connectivity index (χ2n) is 7.69. The number of methoxy groups -OCH3 is 1. The van der Waals surface area contributed by atoms with Gasteiger partial charge < -0.3 is 20.1 Å². The fourth-order valence-corrected chi connectivity index (χ4v) is 2.65. The molecule has 0 aliphatic heterocycles. The van der Waals surface area contributed by atoms with Gasteiger partial charge in [-0.05, 0) is 37.3 Å². The van der Waals surface area contributed by atoms with Gasteiger partial charge in [-0.15, -0.1) is 0 Å². The van der Waals surface area contributed by atoms with E-state index in [0.29, 0.717) is 22.6 Å². The quantitative estimate of drug-likeness (QED) is 0.676. The summed E-state index contributed by atoms with van der Waals surface area (Å²) in [7, 11) is 1.47. The maximum absolute atomic E-state index is 12.7. The maximum Gasteiger partial charge on any atom is 0.333 e. The molecule has 0 aromatic heterocycles. The Morgan fingerprint density at radius 1 is 1.03 bits per heavy atom. The third-order valence-electron chi connectivity index (χ3n) is 4.31. The summed E-state index contributed by atoms with van der Waals surface area (Å²) in [6, 6.07) is 12.4. The van der Waals surface area contributed by atoms with Gasteiger partial charge in [-0.2, -0.15) is 0 Å². The van der Waals surface area contributed by atoms with Crippen LogP contribution in [-0.2, 0) is 14.3 Å². The van der Waals surface area contributed by atoms with Crippen molar-refractivity contribution in [2.24, 2.45) is 5.41 Å². The number of carbonyl (C=O) groups is 3. The van der Waals surface area contributed by atoms with Crippen molar-refractivity contribution in [1.82, 2.24) is 5.32 Å². The van der Waals surface area contributed by atoms with E-state index in [-0.39, 0.29) is 12.5 Å². The van der Waals surface area contributed by atoms with Crippen LogP contribution in [0.2, 0.25) is 0 Å². The lowest BCUT2D eigenvalue weighted by Gasteiger charge is -2.22. The van der Waals surface area contributed by atoms with Crippen LogP contribution < -0.4 is 15.4 Å². The molecule has 0 aliphatic rings. The van der Waals surface area contributed by atoms with Crippen molar-refractivity contribution in [1.29, 1.82) is 0 Å². The van der Waals surface area contributed by atoms with Gasteiger partial charge in [0.15, 0.2) is 6.04 Å². The van der Waals surface area contributed by atoms with E-state index in [9.17, 15) is 14.4 Å². The Morgan fingerprint density at radius 3 is 2.27 bits per heavy atom. The highest BCUT2D eigenvalue weighted by Crippen LogP contribution is 2.30. The summed E-state index contributed by atoms with van der Waals surface area (Å²) < 4.78 is 10.6. The zero-order valence-electron chi connectivity index (χ0n) is 17.9. The van der Waals surface area contributed by atoms with Gasteiger partial charge in [0.2, 0.25) is 5.91 Å². The fourth-order valence-electron chi connectivity index (χ4n) is 2.65. The molecule has 0 saturated heterocycles. The molecule has 1 unspecified atom stereocenters. The van der Waals surface area contributed by atoms with Crippen LogP contribution in [0, 0.1) is 5.41 Å². The van der Waals surface area contributed by atoms with Gasteiger partial charge in [0.1, 0.15) is 5.75 Å². The lowest BCUT2D eigenvalue weighted by molar-refractivity contribution is -0.145. The number of ether oxygens (including phenoxy) is 2. The Kier molecular flexibility index (Phi) is 7.58. The Morgan fingerprint density at radius 2 is 1.70 bits per heavy atom. The van der Waals surface area contributed by atoms with Crippen LogP contribution in [0.25, 0.3) is 0 Å². The predicted octanol–water partition coefficient (Wildman–Crippen LogP) is 3.71. The first kappa shape index (κ1) is 22.9. The monoisotopic (exact) mass is 412 g/mol. The smallest absolute Gasteiger partial charge is 0.333 e. The van der Waals surface area contributed by atoms with Gasteiger partial charge in [0.05, 0.1) is 13.7 Å². The zero-order chi connectivity index (χ0) is 22.3. The summed E-state index contributed by atoms with van der Waals surface area (Å²) in [5, 5.41) is 5.54. The van der Waals surface area contributed by atoms with Crippen molar-refractivity contribution in [3.8, 4) is 5.75 Å². The van der Waals surface area contributed by atoms with Gasteiger partial charge >= 0.3 is 5.97 Å². The molecule has 0 spiro atoms. The van der Waals surface area contributed by atoms with Gasteiger partial charge in [-0.3, -0.25) is 9.59 Å². The highest BCUT2D eigenvalue weighted by Gasteiger charge is 2.29. The Labute approximate surface area is 176 Å². The van der Waals surface area contributed by atoms with Crippen molar-refractivity contribution >= 4 is 23.5 Å². The van der Waals surface area contributed by atoms with E-state index in [1.54, 1.807) is 76.2 Å². The summed E-state index contributed by atoms with van der Waals surface area (Å²) in [5.74, 6) is -0.853. The number of nitrogens with one attached hydrogen (secondary N) is 2. The van der Waals surface area contributed by atoms with Gasteiger partial charge in [-0.25, -0.2) is 4.79 Å². The first-order valence-corrected chi connectivity index (χ1v) is 9.69. The molecule has 0 heterocycles. The lowest BCUT2D eigenvalue weighted by atomic mass is 9.95. The van der Waals surface area contributed by atoms with E-state index in [1.807, 2.05) is 0 Å². The van der Waals surface area contributed by atoms with E-state index in [2.05, 4.69) is 10.6 Å². The number of rotatable bonds is 7. The van der Waals surface area contributed by atoms with Crippen LogP contribution >= 0.6 is 0 Å². The summed E-state index contributed by atoms with van der Waals surface area (Å²) in [6.07, 6.45) is 0. The third-order valence-corrected chi connectivity index (χ3v) is 4.31. The van der Waals surface area contributed by atoms with E-state index < -0.39 is 23.3 Å². The summed E-state index contributed by atoms with van der Waals surface area (Å²) in [4.78, 5) is 37.8. The topological polar surface area (TPSA) is 93.7 Å². The molecule has 2 aromatic rings. The SMILES string of the molecule is CCOC(=O)C(NC(=O)c1ccccc1)c1cc(NC(=O)C(C)(C)C)ccc1OC. The number of esters is 1. The molecule has 2 rings (SSSR count). The molecule has 7 nitrogen and oxygen atoms in total. The Hall–Kier alpha value is -3.35. The van der Waals surface area contributed by atoms with Gasteiger partial charge in [0, 0.05) is 22.2 Å². The Bertz CT molecular complexity index is 904. The Balaban J connectivity index is 2.42.